The molecular formula is C20H28IN3O2S. The highest BCUT2D eigenvalue weighted by Crippen LogP contribution is 2.29. The number of aliphatic imine (C=N–C) groups is 1. The monoisotopic (exact) mass is 501 g/mol. The quantitative estimate of drug-likeness (QED) is 0.160. The number of guanidine groups is 1. The van der Waals surface area contributed by atoms with Gasteiger partial charge in [-0.3, -0.25) is 4.99 Å². The maximum Gasteiger partial charge on any atom is 0.191 e. The Balaban J connectivity index is 0.00000364. The van der Waals surface area contributed by atoms with Crippen molar-refractivity contribution in [3.63, 3.8) is 0 Å². The van der Waals surface area contributed by atoms with Crippen LogP contribution in [0.2, 0.25) is 0 Å². The Hall–Kier alpha value is -1.61. The minimum atomic E-state index is 0. The first kappa shape index (κ1) is 23.4. The Labute approximate surface area is 183 Å². The van der Waals surface area contributed by atoms with E-state index in [1.165, 1.54) is 4.90 Å². The second kappa shape index (κ2) is 13.5. The number of hydrogen-bond acceptors (Lipinski definition) is 4. The molecular weight excluding hydrogens is 473 g/mol. The van der Waals surface area contributed by atoms with Crippen molar-refractivity contribution in [3.05, 3.63) is 54.1 Å². The van der Waals surface area contributed by atoms with Crippen LogP contribution in [0.5, 0.6) is 11.5 Å². The van der Waals surface area contributed by atoms with Gasteiger partial charge in [0.1, 0.15) is 0 Å². The van der Waals surface area contributed by atoms with Gasteiger partial charge in [0.05, 0.1) is 7.11 Å². The zero-order chi connectivity index (χ0) is 18.6. The highest BCUT2D eigenvalue weighted by molar-refractivity contribution is 14.0. The van der Waals surface area contributed by atoms with Crippen LogP contribution in [0, 0.1) is 0 Å². The van der Waals surface area contributed by atoms with Crippen LogP contribution in [-0.4, -0.2) is 43.6 Å². The summed E-state index contributed by atoms with van der Waals surface area (Å²) in [4.78, 5) is 5.85. The number of nitrogens with zero attached hydrogens (tertiary/aromatic N) is 1. The smallest absolute Gasteiger partial charge is 0.191 e. The van der Waals surface area contributed by atoms with Gasteiger partial charge in [-0.25, -0.2) is 0 Å². The van der Waals surface area contributed by atoms with E-state index in [1.54, 1.807) is 13.2 Å². The third-order valence-corrected chi connectivity index (χ3v) is 4.72. The van der Waals surface area contributed by atoms with Crippen molar-refractivity contribution in [3.8, 4) is 11.5 Å². The lowest BCUT2D eigenvalue weighted by molar-refractivity contribution is 0.370. The molecule has 0 atom stereocenters. The summed E-state index contributed by atoms with van der Waals surface area (Å²) in [5.74, 6) is 2.45. The molecule has 7 heteroatoms. The normalized spacial score (nSPS) is 10.8. The minimum absolute atomic E-state index is 0. The molecule has 0 unspecified atom stereocenters. The van der Waals surface area contributed by atoms with Crippen molar-refractivity contribution in [1.82, 2.24) is 10.6 Å². The van der Waals surface area contributed by atoms with Crippen molar-refractivity contribution >= 4 is 41.7 Å². The summed E-state index contributed by atoms with van der Waals surface area (Å²) in [5, 5.41) is 16.7. The summed E-state index contributed by atoms with van der Waals surface area (Å²) in [7, 11) is 1.55. The molecule has 5 nitrogen and oxygen atoms in total. The fourth-order valence-corrected chi connectivity index (χ4v) is 3.21. The van der Waals surface area contributed by atoms with Gasteiger partial charge in [0.15, 0.2) is 17.5 Å². The van der Waals surface area contributed by atoms with Gasteiger partial charge in [-0.15, -0.1) is 35.7 Å². The van der Waals surface area contributed by atoms with Crippen molar-refractivity contribution in [2.45, 2.75) is 18.2 Å². The van der Waals surface area contributed by atoms with E-state index in [1.807, 2.05) is 36.9 Å². The maximum absolute atomic E-state index is 10.1. The van der Waals surface area contributed by atoms with Crippen molar-refractivity contribution in [2.24, 2.45) is 4.99 Å². The van der Waals surface area contributed by atoms with Crippen molar-refractivity contribution < 1.29 is 9.84 Å². The van der Waals surface area contributed by atoms with Crippen LogP contribution in [0.15, 0.2) is 58.4 Å². The number of nitrogens with one attached hydrogen (secondary N) is 2. The summed E-state index contributed by atoms with van der Waals surface area (Å²) in [6.07, 6.45) is 0.651. The topological polar surface area (TPSA) is 65.9 Å². The second-order valence-electron chi connectivity index (χ2n) is 5.57. The number of phenols is 1. The molecule has 0 aliphatic rings. The molecule has 0 fully saturated rings. The van der Waals surface area contributed by atoms with E-state index in [0.717, 1.165) is 30.4 Å². The van der Waals surface area contributed by atoms with Crippen LogP contribution in [0.4, 0.5) is 0 Å². The average molecular weight is 501 g/mol. The van der Waals surface area contributed by atoms with E-state index in [2.05, 4.69) is 39.9 Å². The number of methoxy groups -OCH3 is 1. The first-order chi connectivity index (χ1) is 12.7. The first-order valence-electron chi connectivity index (χ1n) is 8.79. The number of hydrogen-bond donors (Lipinski definition) is 3. The van der Waals surface area contributed by atoms with E-state index in [0.29, 0.717) is 18.7 Å². The molecule has 0 amide bonds. The average Bonchev–Trinajstić information content (AvgIpc) is 2.67. The van der Waals surface area contributed by atoms with Gasteiger partial charge in [-0.1, -0.05) is 30.3 Å². The van der Waals surface area contributed by atoms with Gasteiger partial charge in [0.25, 0.3) is 0 Å². The molecule has 0 aliphatic heterocycles. The summed E-state index contributed by atoms with van der Waals surface area (Å²) >= 11 is 1.82. The molecule has 0 saturated heterocycles. The minimum Gasteiger partial charge on any atom is -0.504 e. The van der Waals surface area contributed by atoms with E-state index in [-0.39, 0.29) is 29.7 Å². The fourth-order valence-electron chi connectivity index (χ4n) is 2.42. The molecule has 3 N–H and O–H groups in total. The maximum atomic E-state index is 10.1. The third-order valence-electron chi connectivity index (χ3n) is 3.70. The number of thioether (sulfide) groups is 1. The standard InChI is InChI=1S/C20H27N3O2S.HI/c1-3-21-20(23-14-15-26-17-9-5-4-6-10-17)22-13-12-16-8-7-11-18(25-2)19(16)24;/h4-11,24H,3,12-15H2,1-2H3,(H2,21,22,23);1H. The molecule has 2 rings (SSSR count). The predicted molar refractivity (Wildman–Crippen MR) is 125 cm³/mol. The molecule has 148 valence electrons. The van der Waals surface area contributed by atoms with E-state index in [9.17, 15) is 5.11 Å². The molecule has 0 aliphatic carbocycles. The SMILES string of the molecule is CCNC(=NCCc1cccc(OC)c1O)NCCSc1ccccc1.I. The zero-order valence-electron chi connectivity index (χ0n) is 15.8. The Bertz CT molecular complexity index is 699. The Morgan fingerprint density at radius 1 is 1.11 bits per heavy atom. The molecule has 0 radical (unpaired) electrons. The number of halogens is 1. The van der Waals surface area contributed by atoms with Crippen LogP contribution in [0.25, 0.3) is 0 Å². The number of aromatic hydroxyl groups is 1. The lowest BCUT2D eigenvalue weighted by Gasteiger charge is -2.12. The number of phenolic OH excluding ortho intramolecular Hbond substituents is 1. The summed E-state index contributed by atoms with van der Waals surface area (Å²) in [6.45, 7) is 4.27. The van der Waals surface area contributed by atoms with Gasteiger partial charge in [-0.05, 0) is 37.1 Å². The number of benzene rings is 2. The second-order valence-corrected chi connectivity index (χ2v) is 6.74. The van der Waals surface area contributed by atoms with Gasteiger partial charge >= 0.3 is 0 Å². The van der Waals surface area contributed by atoms with Gasteiger partial charge < -0.3 is 20.5 Å². The third kappa shape index (κ3) is 8.30. The van der Waals surface area contributed by atoms with Crippen LogP contribution < -0.4 is 15.4 Å². The highest BCUT2D eigenvalue weighted by atomic mass is 127. The molecule has 0 saturated carbocycles. The summed E-state index contributed by atoms with van der Waals surface area (Å²) in [6, 6.07) is 15.9. The highest BCUT2D eigenvalue weighted by Gasteiger charge is 2.06. The van der Waals surface area contributed by atoms with Gasteiger partial charge in [0.2, 0.25) is 0 Å². The van der Waals surface area contributed by atoms with E-state index >= 15 is 0 Å². The van der Waals surface area contributed by atoms with Crippen LogP contribution in [0.3, 0.4) is 0 Å². The van der Waals surface area contributed by atoms with Crippen LogP contribution >= 0.6 is 35.7 Å². The number of rotatable bonds is 9. The number of para-hydroxylation sites is 1. The lowest BCUT2D eigenvalue weighted by Crippen LogP contribution is -2.38. The Morgan fingerprint density at radius 3 is 2.59 bits per heavy atom. The molecule has 2 aromatic carbocycles. The van der Waals surface area contributed by atoms with Crippen molar-refractivity contribution in [2.75, 3.05) is 32.5 Å². The van der Waals surface area contributed by atoms with Crippen LogP contribution in [0.1, 0.15) is 12.5 Å². The van der Waals surface area contributed by atoms with Crippen LogP contribution in [-0.2, 0) is 6.42 Å². The van der Waals surface area contributed by atoms with E-state index < -0.39 is 0 Å². The predicted octanol–water partition coefficient (Wildman–Crippen LogP) is 3.91. The Kier molecular flexibility index (Phi) is 11.8. The Morgan fingerprint density at radius 2 is 1.89 bits per heavy atom. The molecule has 0 spiro atoms. The molecule has 0 aromatic heterocycles. The van der Waals surface area contributed by atoms with Crippen molar-refractivity contribution in [1.29, 1.82) is 0 Å². The van der Waals surface area contributed by atoms with E-state index in [4.69, 9.17) is 4.74 Å². The summed E-state index contributed by atoms with van der Waals surface area (Å²) in [5.41, 5.74) is 0.837. The number of ether oxygens (including phenoxy) is 1. The van der Waals surface area contributed by atoms with Gasteiger partial charge in [-0.2, -0.15) is 0 Å². The first-order valence-corrected chi connectivity index (χ1v) is 9.78. The van der Waals surface area contributed by atoms with Gasteiger partial charge in [0, 0.05) is 30.3 Å². The lowest BCUT2D eigenvalue weighted by atomic mass is 10.1. The molecule has 27 heavy (non-hydrogen) atoms. The molecule has 0 heterocycles. The largest absolute Gasteiger partial charge is 0.504 e. The summed E-state index contributed by atoms with van der Waals surface area (Å²) < 4.78 is 5.14. The molecule has 0 bridgehead atoms. The zero-order valence-corrected chi connectivity index (χ0v) is 18.9. The molecule has 2 aromatic rings. The fraction of sp³-hybridized carbons (Fsp3) is 0.350.